The zero-order valence-electron chi connectivity index (χ0n) is 7.61. The van der Waals surface area contributed by atoms with Crippen LogP contribution in [0.2, 0.25) is 0 Å². The molecule has 0 fully saturated rings. The second kappa shape index (κ2) is 3.01. The van der Waals surface area contributed by atoms with E-state index in [1.807, 2.05) is 32.0 Å². The maximum Gasteiger partial charge on any atom is 0.152 e. The Balaban J connectivity index is 2.46. The van der Waals surface area contributed by atoms with Crippen LogP contribution in [0, 0.1) is 13.8 Å². The molecule has 0 radical (unpaired) electrons. The quantitative estimate of drug-likeness (QED) is 0.666. The van der Waals surface area contributed by atoms with Gasteiger partial charge in [0.1, 0.15) is 17.3 Å². The highest BCUT2D eigenvalue weighted by atomic mass is 16.3. The van der Waals surface area contributed by atoms with Crippen LogP contribution in [-0.2, 0) is 0 Å². The summed E-state index contributed by atoms with van der Waals surface area (Å²) in [4.78, 5) is 8.27. The summed E-state index contributed by atoms with van der Waals surface area (Å²) in [7, 11) is 0. The number of aryl methyl sites for hydroxylation is 2. The fourth-order valence-corrected chi connectivity index (χ4v) is 1.17. The standard InChI is InChI=1S/C10H10N2O/c1-7-3-4-10(13-7)9-5-6-11-8(2)12-9/h3-6H,1-2H3. The lowest BCUT2D eigenvalue weighted by atomic mass is 10.3. The first-order valence-corrected chi connectivity index (χ1v) is 4.12. The van der Waals surface area contributed by atoms with Crippen molar-refractivity contribution in [3.63, 3.8) is 0 Å². The number of hydrogen-bond acceptors (Lipinski definition) is 3. The summed E-state index contributed by atoms with van der Waals surface area (Å²) < 4.78 is 5.43. The Labute approximate surface area is 76.5 Å². The maximum atomic E-state index is 5.43. The molecule has 2 heterocycles. The molecule has 0 saturated carbocycles. The molecule has 0 bridgehead atoms. The molecule has 0 aromatic carbocycles. The molecule has 0 N–H and O–H groups in total. The number of aromatic nitrogens is 2. The highest BCUT2D eigenvalue weighted by Gasteiger charge is 2.03. The molecule has 0 aliphatic rings. The normalized spacial score (nSPS) is 10.3. The van der Waals surface area contributed by atoms with Gasteiger partial charge in [0.2, 0.25) is 0 Å². The Hall–Kier alpha value is -1.64. The minimum atomic E-state index is 0.756. The van der Waals surface area contributed by atoms with Crippen LogP contribution < -0.4 is 0 Å². The largest absolute Gasteiger partial charge is 0.460 e. The van der Waals surface area contributed by atoms with Gasteiger partial charge in [0.05, 0.1) is 0 Å². The zero-order chi connectivity index (χ0) is 9.26. The molecule has 66 valence electrons. The minimum absolute atomic E-state index is 0.756. The fourth-order valence-electron chi connectivity index (χ4n) is 1.17. The lowest BCUT2D eigenvalue weighted by molar-refractivity contribution is 0.546. The first-order chi connectivity index (χ1) is 6.25. The maximum absolute atomic E-state index is 5.43. The van der Waals surface area contributed by atoms with Crippen LogP contribution in [-0.4, -0.2) is 9.97 Å². The third-order valence-electron chi connectivity index (χ3n) is 1.77. The zero-order valence-corrected chi connectivity index (χ0v) is 7.61. The van der Waals surface area contributed by atoms with Gasteiger partial charge in [-0.15, -0.1) is 0 Å². The highest BCUT2D eigenvalue weighted by molar-refractivity contribution is 5.51. The van der Waals surface area contributed by atoms with E-state index in [9.17, 15) is 0 Å². The van der Waals surface area contributed by atoms with Gasteiger partial charge in [0, 0.05) is 6.20 Å². The SMILES string of the molecule is Cc1nccc(-c2ccc(C)o2)n1. The van der Waals surface area contributed by atoms with Crippen molar-refractivity contribution in [2.24, 2.45) is 0 Å². The van der Waals surface area contributed by atoms with Crippen LogP contribution >= 0.6 is 0 Å². The topological polar surface area (TPSA) is 38.9 Å². The summed E-state index contributed by atoms with van der Waals surface area (Å²) in [6, 6.07) is 5.68. The molecule has 3 heteroatoms. The summed E-state index contributed by atoms with van der Waals surface area (Å²) in [5.41, 5.74) is 0.834. The Kier molecular flexibility index (Phi) is 1.85. The third-order valence-corrected chi connectivity index (χ3v) is 1.77. The van der Waals surface area contributed by atoms with Crippen molar-refractivity contribution in [3.8, 4) is 11.5 Å². The van der Waals surface area contributed by atoms with E-state index in [-0.39, 0.29) is 0 Å². The number of hydrogen-bond donors (Lipinski definition) is 0. The molecule has 0 atom stereocenters. The van der Waals surface area contributed by atoms with Crippen molar-refractivity contribution < 1.29 is 4.42 Å². The molecule has 0 spiro atoms. The summed E-state index contributed by atoms with van der Waals surface area (Å²) in [6.45, 7) is 3.77. The van der Waals surface area contributed by atoms with E-state index in [0.29, 0.717) is 0 Å². The lowest BCUT2D eigenvalue weighted by Gasteiger charge is -1.95. The van der Waals surface area contributed by atoms with Gasteiger partial charge in [-0.1, -0.05) is 0 Å². The van der Waals surface area contributed by atoms with Crippen LogP contribution in [0.4, 0.5) is 0 Å². The Morgan fingerprint density at radius 2 is 2.00 bits per heavy atom. The molecule has 0 amide bonds. The highest BCUT2D eigenvalue weighted by Crippen LogP contribution is 2.18. The van der Waals surface area contributed by atoms with Gasteiger partial charge < -0.3 is 4.42 Å². The van der Waals surface area contributed by atoms with E-state index < -0.39 is 0 Å². The summed E-state index contributed by atoms with van der Waals surface area (Å²) >= 11 is 0. The third kappa shape index (κ3) is 1.59. The molecule has 3 nitrogen and oxygen atoms in total. The molecular formula is C10H10N2O. The molecular weight excluding hydrogens is 164 g/mol. The average molecular weight is 174 g/mol. The molecule has 0 saturated heterocycles. The summed E-state index contributed by atoms with van der Waals surface area (Å²) in [5, 5.41) is 0. The van der Waals surface area contributed by atoms with Crippen LogP contribution in [0.15, 0.2) is 28.8 Å². The predicted octanol–water partition coefficient (Wildman–Crippen LogP) is 2.35. The lowest BCUT2D eigenvalue weighted by Crippen LogP contribution is -1.87. The van der Waals surface area contributed by atoms with Crippen molar-refractivity contribution in [2.75, 3.05) is 0 Å². The average Bonchev–Trinajstić information content (AvgIpc) is 2.52. The smallest absolute Gasteiger partial charge is 0.152 e. The van der Waals surface area contributed by atoms with E-state index >= 15 is 0 Å². The number of rotatable bonds is 1. The molecule has 2 aromatic rings. The van der Waals surface area contributed by atoms with Gasteiger partial charge in [0.25, 0.3) is 0 Å². The Morgan fingerprint density at radius 1 is 1.15 bits per heavy atom. The molecule has 0 aliphatic carbocycles. The van der Waals surface area contributed by atoms with Gasteiger partial charge >= 0.3 is 0 Å². The first kappa shape index (κ1) is 7.98. The number of nitrogens with zero attached hydrogens (tertiary/aromatic N) is 2. The Bertz CT molecular complexity index is 420. The van der Waals surface area contributed by atoms with E-state index in [1.54, 1.807) is 6.20 Å². The number of furan rings is 1. The molecule has 2 rings (SSSR count). The van der Waals surface area contributed by atoms with Gasteiger partial charge in [-0.05, 0) is 32.0 Å². The van der Waals surface area contributed by atoms with Gasteiger partial charge in [-0.25, -0.2) is 9.97 Å². The van der Waals surface area contributed by atoms with Crippen LogP contribution in [0.3, 0.4) is 0 Å². The summed E-state index contributed by atoms with van der Waals surface area (Å²) in [5.74, 6) is 2.45. The fraction of sp³-hybridized carbons (Fsp3) is 0.200. The predicted molar refractivity (Wildman–Crippen MR) is 49.2 cm³/mol. The van der Waals surface area contributed by atoms with Crippen molar-refractivity contribution in [3.05, 3.63) is 36.0 Å². The van der Waals surface area contributed by atoms with E-state index in [1.165, 1.54) is 0 Å². The second-order valence-corrected chi connectivity index (χ2v) is 2.90. The van der Waals surface area contributed by atoms with Gasteiger partial charge in [0.15, 0.2) is 5.76 Å². The van der Waals surface area contributed by atoms with Crippen molar-refractivity contribution in [1.29, 1.82) is 0 Å². The first-order valence-electron chi connectivity index (χ1n) is 4.12. The molecule has 13 heavy (non-hydrogen) atoms. The van der Waals surface area contributed by atoms with E-state index in [4.69, 9.17) is 4.42 Å². The molecule has 0 unspecified atom stereocenters. The van der Waals surface area contributed by atoms with Crippen molar-refractivity contribution >= 4 is 0 Å². The van der Waals surface area contributed by atoms with E-state index in [2.05, 4.69) is 9.97 Å². The van der Waals surface area contributed by atoms with E-state index in [0.717, 1.165) is 23.0 Å². The second-order valence-electron chi connectivity index (χ2n) is 2.90. The van der Waals surface area contributed by atoms with Gasteiger partial charge in [-0.2, -0.15) is 0 Å². The molecule has 0 aliphatic heterocycles. The van der Waals surface area contributed by atoms with Crippen LogP contribution in [0.5, 0.6) is 0 Å². The monoisotopic (exact) mass is 174 g/mol. The van der Waals surface area contributed by atoms with Crippen molar-refractivity contribution in [2.45, 2.75) is 13.8 Å². The Morgan fingerprint density at radius 3 is 2.62 bits per heavy atom. The minimum Gasteiger partial charge on any atom is -0.460 e. The van der Waals surface area contributed by atoms with Crippen LogP contribution in [0.25, 0.3) is 11.5 Å². The van der Waals surface area contributed by atoms with Gasteiger partial charge in [-0.3, -0.25) is 0 Å². The van der Waals surface area contributed by atoms with Crippen molar-refractivity contribution in [1.82, 2.24) is 9.97 Å². The molecule has 2 aromatic heterocycles. The van der Waals surface area contributed by atoms with Crippen LogP contribution in [0.1, 0.15) is 11.6 Å². The summed E-state index contributed by atoms with van der Waals surface area (Å²) in [6.07, 6.45) is 1.73.